The first-order chi connectivity index (χ1) is 7.52. The molecule has 2 atom stereocenters. The second-order valence-corrected chi connectivity index (χ2v) is 5.40. The summed E-state index contributed by atoms with van der Waals surface area (Å²) in [7, 11) is 0. The molecule has 0 aromatic rings. The van der Waals surface area contributed by atoms with Gasteiger partial charge in [-0.1, -0.05) is 13.8 Å². The summed E-state index contributed by atoms with van der Waals surface area (Å²) in [6.07, 6.45) is 3.58. The molecule has 1 aliphatic rings. The molecule has 1 heterocycles. The molecule has 2 unspecified atom stereocenters. The van der Waals surface area contributed by atoms with Crippen LogP contribution < -0.4 is 5.32 Å². The molecular weight excluding hydrogens is 200 g/mol. The third kappa shape index (κ3) is 3.78. The van der Waals surface area contributed by atoms with Gasteiger partial charge in [-0.2, -0.15) is 0 Å². The van der Waals surface area contributed by atoms with E-state index in [2.05, 4.69) is 26.1 Å². The van der Waals surface area contributed by atoms with Gasteiger partial charge in [0.25, 0.3) is 0 Å². The first-order valence-electron chi connectivity index (χ1n) is 6.56. The zero-order valence-electron chi connectivity index (χ0n) is 11.1. The minimum absolute atomic E-state index is 0.0389. The summed E-state index contributed by atoms with van der Waals surface area (Å²) in [6, 6.07) is 0.382. The highest BCUT2D eigenvalue weighted by Gasteiger charge is 2.26. The quantitative estimate of drug-likeness (QED) is 0.795. The lowest BCUT2D eigenvalue weighted by molar-refractivity contribution is -0.136. The number of likely N-dealkylation sites (tertiary alicyclic amines) is 1. The predicted molar refractivity (Wildman–Crippen MR) is 67.3 cm³/mol. The molecule has 0 radical (unpaired) electrons. The van der Waals surface area contributed by atoms with Gasteiger partial charge in [0.1, 0.15) is 0 Å². The van der Waals surface area contributed by atoms with Crippen LogP contribution in [-0.2, 0) is 4.79 Å². The van der Waals surface area contributed by atoms with Gasteiger partial charge in [0.2, 0.25) is 5.91 Å². The standard InChI is InChI=1S/C13H26N2O/c1-10(2)9-14-12(4)13(16)15-8-6-5-7-11(15)3/h10-12,14H,5-9H2,1-4H3. The molecular formula is C13H26N2O. The smallest absolute Gasteiger partial charge is 0.239 e. The Morgan fingerprint density at radius 3 is 2.62 bits per heavy atom. The third-order valence-electron chi connectivity index (χ3n) is 3.29. The van der Waals surface area contributed by atoms with Crippen molar-refractivity contribution in [2.24, 2.45) is 5.92 Å². The van der Waals surface area contributed by atoms with Crippen LogP contribution >= 0.6 is 0 Å². The fourth-order valence-electron chi connectivity index (χ4n) is 2.17. The Balaban J connectivity index is 2.42. The first-order valence-corrected chi connectivity index (χ1v) is 6.56. The number of carbonyl (C=O) groups excluding carboxylic acids is 1. The lowest BCUT2D eigenvalue weighted by Gasteiger charge is -2.35. The lowest BCUT2D eigenvalue weighted by Crippen LogP contribution is -2.50. The molecule has 0 saturated carbocycles. The average molecular weight is 226 g/mol. The van der Waals surface area contributed by atoms with Crippen LogP contribution in [0.5, 0.6) is 0 Å². The van der Waals surface area contributed by atoms with Crippen molar-refractivity contribution in [1.29, 1.82) is 0 Å². The number of amides is 1. The summed E-state index contributed by atoms with van der Waals surface area (Å²) in [5.74, 6) is 0.863. The van der Waals surface area contributed by atoms with Crippen molar-refractivity contribution in [3.8, 4) is 0 Å². The van der Waals surface area contributed by atoms with Crippen LogP contribution in [0.4, 0.5) is 0 Å². The number of rotatable bonds is 4. The van der Waals surface area contributed by atoms with E-state index in [1.165, 1.54) is 6.42 Å². The Hall–Kier alpha value is -0.570. The number of piperidine rings is 1. The Kier molecular flexibility index (Phi) is 5.26. The fraction of sp³-hybridized carbons (Fsp3) is 0.923. The molecule has 1 rings (SSSR count). The van der Waals surface area contributed by atoms with Crippen LogP contribution in [0.2, 0.25) is 0 Å². The van der Waals surface area contributed by atoms with Crippen molar-refractivity contribution >= 4 is 5.91 Å². The van der Waals surface area contributed by atoms with E-state index in [-0.39, 0.29) is 11.9 Å². The van der Waals surface area contributed by atoms with E-state index in [1.807, 2.05) is 11.8 Å². The van der Waals surface area contributed by atoms with Gasteiger partial charge >= 0.3 is 0 Å². The maximum atomic E-state index is 12.2. The largest absolute Gasteiger partial charge is 0.339 e. The lowest BCUT2D eigenvalue weighted by atomic mass is 10.0. The summed E-state index contributed by atoms with van der Waals surface area (Å²) < 4.78 is 0. The molecule has 0 aromatic heterocycles. The van der Waals surface area contributed by atoms with Crippen LogP contribution in [0.1, 0.15) is 47.0 Å². The maximum Gasteiger partial charge on any atom is 0.239 e. The Bertz CT molecular complexity index is 228. The second-order valence-electron chi connectivity index (χ2n) is 5.40. The second kappa shape index (κ2) is 6.24. The molecule has 0 aromatic carbocycles. The van der Waals surface area contributed by atoms with Crippen LogP contribution in [0.15, 0.2) is 0 Å². The molecule has 0 spiro atoms. The van der Waals surface area contributed by atoms with Crippen LogP contribution in [0, 0.1) is 5.92 Å². The first kappa shape index (κ1) is 13.5. The van der Waals surface area contributed by atoms with Crippen LogP contribution in [-0.4, -0.2) is 36.0 Å². The van der Waals surface area contributed by atoms with Crippen LogP contribution in [0.3, 0.4) is 0 Å². The minimum atomic E-state index is -0.0389. The van der Waals surface area contributed by atoms with Gasteiger partial charge in [-0.3, -0.25) is 4.79 Å². The van der Waals surface area contributed by atoms with E-state index in [1.54, 1.807) is 0 Å². The highest BCUT2D eigenvalue weighted by atomic mass is 16.2. The number of nitrogens with one attached hydrogen (secondary N) is 1. The van der Waals surface area contributed by atoms with Crippen molar-refractivity contribution < 1.29 is 4.79 Å². The molecule has 1 aliphatic heterocycles. The van der Waals surface area contributed by atoms with Crippen molar-refractivity contribution in [1.82, 2.24) is 10.2 Å². The summed E-state index contributed by atoms with van der Waals surface area (Å²) in [5.41, 5.74) is 0. The molecule has 3 heteroatoms. The summed E-state index contributed by atoms with van der Waals surface area (Å²) in [6.45, 7) is 10.3. The monoisotopic (exact) mass is 226 g/mol. The maximum absolute atomic E-state index is 12.2. The normalized spacial score (nSPS) is 23.6. The topological polar surface area (TPSA) is 32.3 Å². The molecule has 0 bridgehead atoms. The number of hydrogen-bond acceptors (Lipinski definition) is 2. The Morgan fingerprint density at radius 1 is 1.38 bits per heavy atom. The fourth-order valence-corrected chi connectivity index (χ4v) is 2.17. The van der Waals surface area contributed by atoms with Crippen molar-refractivity contribution in [2.45, 2.75) is 59.0 Å². The Labute approximate surface area is 99.6 Å². The average Bonchev–Trinajstić information content (AvgIpc) is 2.25. The zero-order valence-corrected chi connectivity index (χ0v) is 11.1. The number of carbonyl (C=O) groups is 1. The van der Waals surface area contributed by atoms with Crippen molar-refractivity contribution in [3.05, 3.63) is 0 Å². The highest BCUT2D eigenvalue weighted by molar-refractivity contribution is 5.81. The van der Waals surface area contributed by atoms with Crippen LogP contribution in [0.25, 0.3) is 0 Å². The predicted octanol–water partition coefficient (Wildman–Crippen LogP) is 2.02. The summed E-state index contributed by atoms with van der Waals surface area (Å²) >= 11 is 0. The Morgan fingerprint density at radius 2 is 2.06 bits per heavy atom. The molecule has 94 valence electrons. The van der Waals surface area contributed by atoms with Crippen molar-refractivity contribution in [3.63, 3.8) is 0 Å². The minimum Gasteiger partial charge on any atom is -0.339 e. The third-order valence-corrected chi connectivity index (χ3v) is 3.29. The SMILES string of the molecule is CC(C)CNC(C)C(=O)N1CCCCC1C. The molecule has 0 aliphatic carbocycles. The molecule has 16 heavy (non-hydrogen) atoms. The van der Waals surface area contributed by atoms with Gasteiger partial charge < -0.3 is 10.2 Å². The molecule has 3 nitrogen and oxygen atoms in total. The van der Waals surface area contributed by atoms with E-state index in [0.717, 1.165) is 25.9 Å². The molecule has 1 fully saturated rings. The highest BCUT2D eigenvalue weighted by Crippen LogP contribution is 2.17. The molecule has 1 amide bonds. The van der Waals surface area contributed by atoms with Gasteiger partial charge in [-0.15, -0.1) is 0 Å². The summed E-state index contributed by atoms with van der Waals surface area (Å²) in [4.78, 5) is 14.2. The van der Waals surface area contributed by atoms with E-state index >= 15 is 0 Å². The zero-order chi connectivity index (χ0) is 12.1. The van der Waals surface area contributed by atoms with Gasteiger partial charge in [0.05, 0.1) is 6.04 Å². The van der Waals surface area contributed by atoms with Gasteiger partial charge in [-0.05, 0) is 45.6 Å². The van der Waals surface area contributed by atoms with E-state index in [4.69, 9.17) is 0 Å². The van der Waals surface area contributed by atoms with E-state index < -0.39 is 0 Å². The molecule has 1 N–H and O–H groups in total. The van der Waals surface area contributed by atoms with E-state index in [9.17, 15) is 4.79 Å². The van der Waals surface area contributed by atoms with Gasteiger partial charge in [-0.25, -0.2) is 0 Å². The van der Waals surface area contributed by atoms with Gasteiger partial charge in [0.15, 0.2) is 0 Å². The summed E-state index contributed by atoms with van der Waals surface area (Å²) in [5, 5.41) is 3.31. The van der Waals surface area contributed by atoms with Crippen molar-refractivity contribution in [2.75, 3.05) is 13.1 Å². The molecule has 1 saturated heterocycles. The van der Waals surface area contributed by atoms with Gasteiger partial charge in [0, 0.05) is 12.6 Å². The number of hydrogen-bond donors (Lipinski definition) is 1. The van der Waals surface area contributed by atoms with E-state index in [0.29, 0.717) is 12.0 Å². The number of nitrogens with zero attached hydrogens (tertiary/aromatic N) is 1.